The summed E-state index contributed by atoms with van der Waals surface area (Å²) >= 11 is 0. The van der Waals surface area contributed by atoms with E-state index >= 15 is 0 Å². The van der Waals surface area contributed by atoms with Crippen molar-refractivity contribution in [3.63, 3.8) is 0 Å². The predicted octanol–water partition coefficient (Wildman–Crippen LogP) is 3.06. The molecular weight excluding hydrogens is 484 g/mol. The Morgan fingerprint density at radius 1 is 1.11 bits per heavy atom. The van der Waals surface area contributed by atoms with E-state index in [9.17, 15) is 9.90 Å². The minimum absolute atomic E-state index is 0.0364. The third kappa shape index (κ3) is 6.15. The van der Waals surface area contributed by atoms with Crippen LogP contribution in [0, 0.1) is 0 Å². The van der Waals surface area contributed by atoms with E-state index in [0.29, 0.717) is 43.3 Å². The van der Waals surface area contributed by atoms with Crippen LogP contribution in [0.15, 0.2) is 54.7 Å². The first kappa shape index (κ1) is 25.7. The highest BCUT2D eigenvalue weighted by Crippen LogP contribution is 2.30. The summed E-state index contributed by atoms with van der Waals surface area (Å²) in [4.78, 5) is 25.0. The van der Waals surface area contributed by atoms with E-state index in [4.69, 9.17) is 15.2 Å². The number of aliphatic hydroxyl groups excluding tert-OH is 1. The van der Waals surface area contributed by atoms with Gasteiger partial charge in [-0.05, 0) is 55.5 Å². The number of nitrogens with one attached hydrogen (secondary N) is 1. The lowest BCUT2D eigenvalue weighted by molar-refractivity contribution is -0.141. The minimum Gasteiger partial charge on any atom is -0.488 e. The maximum absolute atomic E-state index is 12.0. The van der Waals surface area contributed by atoms with Crippen LogP contribution < -0.4 is 20.7 Å². The molecule has 0 bridgehead atoms. The van der Waals surface area contributed by atoms with Crippen molar-refractivity contribution in [1.82, 2.24) is 14.9 Å². The molecule has 0 unspecified atom stereocenters. The molecule has 38 heavy (non-hydrogen) atoms. The molecule has 10 nitrogen and oxygen atoms in total. The summed E-state index contributed by atoms with van der Waals surface area (Å²) in [6, 6.07) is 15.7. The topological polar surface area (TPSA) is 126 Å². The zero-order valence-corrected chi connectivity index (χ0v) is 21.5. The van der Waals surface area contributed by atoms with Crippen molar-refractivity contribution in [2.75, 3.05) is 55.3 Å². The largest absolute Gasteiger partial charge is 0.488 e. The normalized spacial score (nSPS) is 17.2. The Kier molecular flexibility index (Phi) is 7.90. The number of nitrogens with zero attached hydrogens (tertiary/aromatic N) is 4. The molecule has 10 heteroatoms. The summed E-state index contributed by atoms with van der Waals surface area (Å²) in [5.74, 6) is 0.872. The molecule has 1 aromatic heterocycles. The molecule has 2 fully saturated rings. The zero-order chi connectivity index (χ0) is 26.5. The summed E-state index contributed by atoms with van der Waals surface area (Å²) in [7, 11) is 0. The quantitative estimate of drug-likeness (QED) is 0.405. The van der Waals surface area contributed by atoms with Crippen LogP contribution in [0.25, 0.3) is 11.3 Å². The van der Waals surface area contributed by atoms with Gasteiger partial charge in [-0.15, -0.1) is 0 Å². The van der Waals surface area contributed by atoms with Gasteiger partial charge in [-0.2, -0.15) is 0 Å². The second-order valence-electron chi connectivity index (χ2n) is 9.61. The number of carbonyl (C=O) groups is 1. The fraction of sp³-hybridized carbons (Fsp3) is 0.393. The number of amides is 1. The smallest absolute Gasteiger partial charge is 0.251 e. The van der Waals surface area contributed by atoms with Gasteiger partial charge in [-0.1, -0.05) is 0 Å². The van der Waals surface area contributed by atoms with Crippen LogP contribution in [-0.4, -0.2) is 77.5 Å². The fourth-order valence-electron chi connectivity index (χ4n) is 4.74. The van der Waals surface area contributed by atoms with E-state index in [2.05, 4.69) is 32.3 Å². The Bertz CT molecular complexity index is 1240. The van der Waals surface area contributed by atoms with Crippen LogP contribution >= 0.6 is 0 Å². The number of morpholine rings is 1. The Labute approximate surface area is 222 Å². The van der Waals surface area contributed by atoms with Crippen molar-refractivity contribution in [2.24, 2.45) is 0 Å². The Morgan fingerprint density at radius 2 is 1.84 bits per heavy atom. The van der Waals surface area contributed by atoms with Gasteiger partial charge in [-0.3, -0.25) is 4.79 Å². The van der Waals surface area contributed by atoms with Gasteiger partial charge >= 0.3 is 0 Å². The molecule has 1 atom stereocenters. The van der Waals surface area contributed by atoms with Gasteiger partial charge in [0.25, 0.3) is 5.91 Å². The summed E-state index contributed by atoms with van der Waals surface area (Å²) in [6.07, 6.45) is 2.08. The molecule has 2 saturated heterocycles. The third-order valence-electron chi connectivity index (χ3n) is 6.87. The molecule has 2 aliphatic rings. The lowest BCUT2D eigenvalue weighted by atomic mass is 10.1. The van der Waals surface area contributed by atoms with Gasteiger partial charge < -0.3 is 35.4 Å². The number of piperidine rings is 1. The number of likely N-dealkylation sites (tertiary alicyclic amines) is 1. The van der Waals surface area contributed by atoms with Crippen molar-refractivity contribution in [3.8, 4) is 17.0 Å². The van der Waals surface area contributed by atoms with Crippen molar-refractivity contribution < 1.29 is 19.4 Å². The van der Waals surface area contributed by atoms with E-state index in [-0.39, 0.29) is 12.0 Å². The molecule has 3 aromatic rings. The van der Waals surface area contributed by atoms with Gasteiger partial charge in [0.15, 0.2) is 0 Å². The molecule has 4 N–H and O–H groups in total. The number of nitrogen functional groups attached to an aromatic ring is 1. The second kappa shape index (κ2) is 11.7. The number of aliphatic hydroxyl groups is 1. The van der Waals surface area contributed by atoms with Crippen LogP contribution in [0.2, 0.25) is 0 Å². The van der Waals surface area contributed by atoms with Gasteiger partial charge in [0, 0.05) is 62.2 Å². The molecular formula is C28H34N6O4. The number of carbonyl (C=O) groups excluding carboxylic acids is 1. The van der Waals surface area contributed by atoms with Crippen LogP contribution in [-0.2, 0) is 9.53 Å². The molecule has 0 saturated carbocycles. The maximum Gasteiger partial charge on any atom is 0.251 e. The monoisotopic (exact) mass is 518 g/mol. The van der Waals surface area contributed by atoms with Gasteiger partial charge in [0.05, 0.1) is 24.6 Å². The number of aromatic nitrogens is 2. The molecule has 200 valence electrons. The molecule has 2 aromatic carbocycles. The fourth-order valence-corrected chi connectivity index (χ4v) is 4.74. The molecule has 3 heterocycles. The second-order valence-corrected chi connectivity index (χ2v) is 9.61. The maximum atomic E-state index is 12.0. The molecule has 0 spiro atoms. The minimum atomic E-state index is -0.978. The highest BCUT2D eigenvalue weighted by molar-refractivity contribution is 5.80. The molecule has 0 radical (unpaired) electrons. The first-order valence-electron chi connectivity index (χ1n) is 13.0. The van der Waals surface area contributed by atoms with E-state index in [1.165, 1.54) is 12.6 Å². The van der Waals surface area contributed by atoms with Gasteiger partial charge in [-0.25, -0.2) is 9.97 Å². The number of rotatable bonds is 7. The molecule has 2 aliphatic heterocycles. The molecule has 0 aliphatic carbocycles. The van der Waals surface area contributed by atoms with Crippen molar-refractivity contribution in [3.05, 3.63) is 54.7 Å². The van der Waals surface area contributed by atoms with Crippen molar-refractivity contribution >= 4 is 28.9 Å². The SMILES string of the molecule is C[C@H](O)C(=O)N1CCC(Oc2ccc(-c3ccnc(Nc4ccc(N5CCOCC5)cc4)n3)cc2N)CC1. The average Bonchev–Trinajstić information content (AvgIpc) is 2.95. The Balaban J connectivity index is 1.20. The summed E-state index contributed by atoms with van der Waals surface area (Å²) in [5, 5.41) is 12.8. The number of anilines is 4. The average molecular weight is 519 g/mol. The zero-order valence-electron chi connectivity index (χ0n) is 21.5. The first-order chi connectivity index (χ1) is 18.5. The van der Waals surface area contributed by atoms with Gasteiger partial charge in [0.2, 0.25) is 5.95 Å². The highest BCUT2D eigenvalue weighted by Gasteiger charge is 2.26. The van der Waals surface area contributed by atoms with Crippen LogP contribution in [0.1, 0.15) is 19.8 Å². The number of hydrogen-bond donors (Lipinski definition) is 3. The number of nitrogens with two attached hydrogens (primary N) is 1. The lowest BCUT2D eigenvalue weighted by Gasteiger charge is -2.33. The lowest BCUT2D eigenvalue weighted by Crippen LogP contribution is -2.45. The standard InChI is InChI=1S/C28H34N6O4/c1-19(35)27(36)34-12-9-23(10-13-34)38-26-7-2-20(18-24(26)29)25-8-11-30-28(32-25)31-21-3-5-22(6-4-21)33-14-16-37-17-15-33/h2-8,11,18-19,23,35H,9-10,12-17,29H2,1H3,(H,30,31,32)/t19-/m0/s1. The van der Waals surface area contributed by atoms with E-state index in [0.717, 1.165) is 43.2 Å². The number of hydrogen-bond acceptors (Lipinski definition) is 9. The summed E-state index contributed by atoms with van der Waals surface area (Å²) in [6.45, 7) is 5.91. The number of benzene rings is 2. The van der Waals surface area contributed by atoms with E-state index in [1.807, 2.05) is 36.4 Å². The Morgan fingerprint density at radius 3 is 2.53 bits per heavy atom. The summed E-state index contributed by atoms with van der Waals surface area (Å²) < 4.78 is 11.6. The van der Waals surface area contributed by atoms with Crippen LogP contribution in [0.3, 0.4) is 0 Å². The van der Waals surface area contributed by atoms with Crippen molar-refractivity contribution in [1.29, 1.82) is 0 Å². The molecule has 5 rings (SSSR count). The van der Waals surface area contributed by atoms with Gasteiger partial charge in [0.1, 0.15) is 18.0 Å². The number of ether oxygens (including phenoxy) is 2. The summed E-state index contributed by atoms with van der Waals surface area (Å²) in [5.41, 5.74) is 10.5. The van der Waals surface area contributed by atoms with Crippen LogP contribution in [0.4, 0.5) is 23.0 Å². The first-order valence-corrected chi connectivity index (χ1v) is 13.0. The van der Waals surface area contributed by atoms with Crippen molar-refractivity contribution in [2.45, 2.75) is 32.0 Å². The van der Waals surface area contributed by atoms with E-state index in [1.54, 1.807) is 11.1 Å². The third-order valence-corrected chi connectivity index (χ3v) is 6.87. The van der Waals surface area contributed by atoms with Crippen LogP contribution in [0.5, 0.6) is 5.75 Å². The Hall–Kier alpha value is -3.89. The highest BCUT2D eigenvalue weighted by atomic mass is 16.5. The molecule has 1 amide bonds. The predicted molar refractivity (Wildman–Crippen MR) is 147 cm³/mol. The van der Waals surface area contributed by atoms with E-state index < -0.39 is 6.10 Å².